The van der Waals surface area contributed by atoms with Gasteiger partial charge in [0, 0.05) is 37.5 Å². The molecule has 0 aliphatic carbocycles. The van der Waals surface area contributed by atoms with E-state index in [0.717, 1.165) is 41.5 Å². The summed E-state index contributed by atoms with van der Waals surface area (Å²) in [5.41, 5.74) is 9.35. The van der Waals surface area contributed by atoms with Crippen LogP contribution in [0, 0.1) is 6.92 Å². The molecular formula is C18H24N6. The zero-order chi connectivity index (χ0) is 16.9. The number of aromatic nitrogens is 3. The molecule has 1 aliphatic heterocycles. The molecule has 2 aromatic heterocycles. The predicted octanol–water partition coefficient (Wildman–Crippen LogP) is 2.81. The Morgan fingerprint density at radius 3 is 2.67 bits per heavy atom. The molecule has 2 aromatic rings. The van der Waals surface area contributed by atoms with Crippen LogP contribution in [0.1, 0.15) is 30.8 Å². The van der Waals surface area contributed by atoms with Crippen molar-refractivity contribution in [2.24, 2.45) is 5.73 Å². The molecule has 0 aromatic carbocycles. The quantitative estimate of drug-likeness (QED) is 0.900. The molecule has 6 heteroatoms. The molecule has 0 unspecified atom stereocenters. The lowest BCUT2D eigenvalue weighted by Crippen LogP contribution is -2.30. The molecule has 3 N–H and O–H groups in total. The molecule has 0 atom stereocenters. The first kappa shape index (κ1) is 16.2. The van der Waals surface area contributed by atoms with Gasteiger partial charge in [-0.3, -0.25) is 4.98 Å². The van der Waals surface area contributed by atoms with E-state index in [4.69, 9.17) is 5.73 Å². The van der Waals surface area contributed by atoms with Crippen molar-refractivity contribution >= 4 is 17.6 Å². The van der Waals surface area contributed by atoms with Crippen molar-refractivity contribution in [2.45, 2.75) is 26.2 Å². The Labute approximate surface area is 142 Å². The van der Waals surface area contributed by atoms with Crippen LogP contribution >= 0.6 is 0 Å². The van der Waals surface area contributed by atoms with E-state index in [2.05, 4.69) is 37.3 Å². The second kappa shape index (κ2) is 7.29. The summed E-state index contributed by atoms with van der Waals surface area (Å²) >= 11 is 0. The Bertz CT molecular complexity index is 734. The molecule has 0 radical (unpaired) electrons. The number of hydrogen-bond acceptors (Lipinski definition) is 6. The summed E-state index contributed by atoms with van der Waals surface area (Å²) in [5.74, 6) is 1.59. The van der Waals surface area contributed by atoms with Crippen molar-refractivity contribution in [1.29, 1.82) is 0 Å². The molecule has 0 bridgehead atoms. The van der Waals surface area contributed by atoms with Gasteiger partial charge in [-0.15, -0.1) is 0 Å². The van der Waals surface area contributed by atoms with Gasteiger partial charge in [0.25, 0.3) is 0 Å². The molecule has 1 fully saturated rings. The Morgan fingerprint density at radius 1 is 1.17 bits per heavy atom. The highest BCUT2D eigenvalue weighted by Gasteiger charge is 2.16. The van der Waals surface area contributed by atoms with Crippen LogP contribution in [0.2, 0.25) is 0 Å². The average molecular weight is 324 g/mol. The van der Waals surface area contributed by atoms with Gasteiger partial charge in [0.05, 0.1) is 17.6 Å². The first-order valence-corrected chi connectivity index (χ1v) is 8.38. The molecule has 6 nitrogen and oxygen atoms in total. The minimum Gasteiger partial charge on any atom is -0.404 e. The molecule has 0 spiro atoms. The standard InChI is InChI=1S/C18H24N6/c1-13-15(10-14(20-2)12-21-13)16-11-18(23-17(22-16)6-7-19)24-8-4-3-5-9-24/h6-7,10-12,20H,3-5,8-9,19H2,1-2H3. The maximum atomic E-state index is 5.56. The van der Waals surface area contributed by atoms with E-state index in [1.54, 1.807) is 6.08 Å². The van der Waals surface area contributed by atoms with Crippen LogP contribution in [-0.4, -0.2) is 35.1 Å². The highest BCUT2D eigenvalue weighted by atomic mass is 15.2. The minimum atomic E-state index is 0.629. The normalized spacial score (nSPS) is 15.0. The van der Waals surface area contributed by atoms with Gasteiger partial charge in [0.1, 0.15) is 5.82 Å². The van der Waals surface area contributed by atoms with Gasteiger partial charge in [0.15, 0.2) is 5.82 Å². The molecule has 3 heterocycles. The Balaban J connectivity index is 2.08. The van der Waals surface area contributed by atoms with Crippen LogP contribution < -0.4 is 16.0 Å². The molecule has 3 rings (SSSR count). The number of aryl methyl sites for hydroxylation is 1. The van der Waals surface area contributed by atoms with E-state index in [9.17, 15) is 0 Å². The number of piperidine rings is 1. The number of nitrogens with two attached hydrogens (primary N) is 1. The summed E-state index contributed by atoms with van der Waals surface area (Å²) in [7, 11) is 1.89. The second-order valence-electron chi connectivity index (χ2n) is 5.98. The first-order chi connectivity index (χ1) is 11.7. The van der Waals surface area contributed by atoms with Crippen molar-refractivity contribution in [3.63, 3.8) is 0 Å². The molecule has 0 amide bonds. The molecule has 1 saturated heterocycles. The van der Waals surface area contributed by atoms with Crippen LogP contribution in [0.3, 0.4) is 0 Å². The van der Waals surface area contributed by atoms with Gasteiger partial charge >= 0.3 is 0 Å². The highest BCUT2D eigenvalue weighted by Crippen LogP contribution is 2.27. The van der Waals surface area contributed by atoms with Gasteiger partial charge in [-0.05, 0) is 44.5 Å². The average Bonchev–Trinajstić information content (AvgIpc) is 2.63. The van der Waals surface area contributed by atoms with Crippen molar-refractivity contribution in [3.8, 4) is 11.3 Å². The maximum absolute atomic E-state index is 5.56. The lowest BCUT2D eigenvalue weighted by molar-refractivity contribution is 0.573. The van der Waals surface area contributed by atoms with Crippen molar-refractivity contribution < 1.29 is 0 Å². The zero-order valence-corrected chi connectivity index (χ0v) is 14.3. The van der Waals surface area contributed by atoms with Crippen LogP contribution in [0.5, 0.6) is 0 Å². The SMILES string of the molecule is CNc1cnc(C)c(-c2cc(N3CCCCC3)nc(C=CN)n2)c1. The molecule has 0 saturated carbocycles. The van der Waals surface area contributed by atoms with Crippen molar-refractivity contribution in [3.05, 3.63) is 36.0 Å². The summed E-state index contributed by atoms with van der Waals surface area (Å²) in [6.45, 7) is 4.07. The molecular weight excluding hydrogens is 300 g/mol. The Kier molecular flexibility index (Phi) is 4.93. The van der Waals surface area contributed by atoms with Crippen molar-refractivity contribution in [1.82, 2.24) is 15.0 Å². The largest absolute Gasteiger partial charge is 0.404 e. The van der Waals surface area contributed by atoms with E-state index in [1.807, 2.05) is 20.2 Å². The third-order valence-corrected chi connectivity index (χ3v) is 4.31. The fourth-order valence-electron chi connectivity index (χ4n) is 2.97. The lowest BCUT2D eigenvalue weighted by Gasteiger charge is -2.28. The smallest absolute Gasteiger partial charge is 0.156 e. The molecule has 24 heavy (non-hydrogen) atoms. The zero-order valence-electron chi connectivity index (χ0n) is 14.3. The number of pyridine rings is 1. The second-order valence-corrected chi connectivity index (χ2v) is 5.98. The lowest BCUT2D eigenvalue weighted by atomic mass is 10.1. The van der Waals surface area contributed by atoms with E-state index >= 15 is 0 Å². The van der Waals surface area contributed by atoms with Crippen LogP contribution in [0.4, 0.5) is 11.5 Å². The van der Waals surface area contributed by atoms with Gasteiger partial charge < -0.3 is 16.0 Å². The summed E-state index contributed by atoms with van der Waals surface area (Å²) < 4.78 is 0. The van der Waals surface area contributed by atoms with Gasteiger partial charge in [-0.1, -0.05) is 0 Å². The summed E-state index contributed by atoms with van der Waals surface area (Å²) in [5, 5.41) is 3.13. The van der Waals surface area contributed by atoms with E-state index in [0.29, 0.717) is 5.82 Å². The van der Waals surface area contributed by atoms with Crippen LogP contribution in [-0.2, 0) is 0 Å². The number of anilines is 2. The Hall–Kier alpha value is -2.63. The summed E-state index contributed by atoms with van der Waals surface area (Å²) in [6.07, 6.45) is 8.74. The van der Waals surface area contributed by atoms with Gasteiger partial charge in [-0.25, -0.2) is 9.97 Å². The number of rotatable bonds is 4. The van der Waals surface area contributed by atoms with Crippen LogP contribution in [0.15, 0.2) is 24.5 Å². The maximum Gasteiger partial charge on any atom is 0.156 e. The fourth-order valence-corrected chi connectivity index (χ4v) is 2.97. The van der Waals surface area contributed by atoms with Crippen LogP contribution in [0.25, 0.3) is 17.3 Å². The number of hydrogen-bond donors (Lipinski definition) is 2. The predicted molar refractivity (Wildman–Crippen MR) is 98.8 cm³/mol. The van der Waals surface area contributed by atoms with E-state index < -0.39 is 0 Å². The number of nitrogens with zero attached hydrogens (tertiary/aromatic N) is 4. The molecule has 126 valence electrons. The molecule has 1 aliphatic rings. The van der Waals surface area contributed by atoms with Crippen molar-refractivity contribution in [2.75, 3.05) is 30.4 Å². The topological polar surface area (TPSA) is 80.0 Å². The highest BCUT2D eigenvalue weighted by molar-refractivity contribution is 5.69. The van der Waals surface area contributed by atoms with Gasteiger partial charge in [-0.2, -0.15) is 0 Å². The summed E-state index contributed by atoms with van der Waals surface area (Å²) in [6, 6.07) is 4.13. The van der Waals surface area contributed by atoms with Gasteiger partial charge in [0.2, 0.25) is 0 Å². The first-order valence-electron chi connectivity index (χ1n) is 8.38. The monoisotopic (exact) mass is 324 g/mol. The van der Waals surface area contributed by atoms with E-state index in [-0.39, 0.29) is 0 Å². The third kappa shape index (κ3) is 3.48. The Morgan fingerprint density at radius 2 is 1.96 bits per heavy atom. The summed E-state index contributed by atoms with van der Waals surface area (Å²) in [4.78, 5) is 16.1. The third-order valence-electron chi connectivity index (χ3n) is 4.31. The fraction of sp³-hybridized carbons (Fsp3) is 0.389. The number of nitrogens with one attached hydrogen (secondary N) is 1. The minimum absolute atomic E-state index is 0.629. The van der Waals surface area contributed by atoms with E-state index in [1.165, 1.54) is 25.5 Å².